The van der Waals surface area contributed by atoms with E-state index in [9.17, 15) is 8.42 Å². The molecule has 86 valence electrons. The monoisotopic (exact) mass is 248 g/mol. The van der Waals surface area contributed by atoms with Crippen LogP contribution in [0.4, 0.5) is 0 Å². The average molecular weight is 248 g/mol. The van der Waals surface area contributed by atoms with Crippen molar-refractivity contribution < 1.29 is 8.42 Å². The molecule has 1 unspecified atom stereocenters. The number of nitrogens with one attached hydrogen (secondary N) is 1. The number of aromatic nitrogens is 1. The molecular weight excluding hydrogens is 232 g/mol. The number of nitrogens with zero attached hydrogens (tertiary/aromatic N) is 1. The molecule has 0 saturated carbocycles. The highest BCUT2D eigenvalue weighted by atomic mass is 32.2. The number of thiazole rings is 1. The number of rotatable bonds is 4. The number of hydrogen-bond acceptors (Lipinski definition) is 4. The van der Waals surface area contributed by atoms with Crippen molar-refractivity contribution in [2.24, 2.45) is 0 Å². The molecule has 0 aliphatic heterocycles. The van der Waals surface area contributed by atoms with E-state index in [-0.39, 0.29) is 6.04 Å². The van der Waals surface area contributed by atoms with Gasteiger partial charge in [0.2, 0.25) is 10.0 Å². The quantitative estimate of drug-likeness (QED) is 0.883. The predicted octanol–water partition coefficient (Wildman–Crippen LogP) is 1.76. The van der Waals surface area contributed by atoms with Gasteiger partial charge in [-0.05, 0) is 20.3 Å². The minimum atomic E-state index is -3.17. The first-order valence-electron chi connectivity index (χ1n) is 4.74. The molecule has 1 atom stereocenters. The largest absolute Gasteiger partial charge is 0.245 e. The summed E-state index contributed by atoms with van der Waals surface area (Å²) in [5, 5.41) is 0.845. The van der Waals surface area contributed by atoms with E-state index in [0.29, 0.717) is 6.42 Å². The Morgan fingerprint density at radius 3 is 2.40 bits per heavy atom. The van der Waals surface area contributed by atoms with E-state index < -0.39 is 10.0 Å². The van der Waals surface area contributed by atoms with Gasteiger partial charge in [-0.2, -0.15) is 0 Å². The lowest BCUT2D eigenvalue weighted by atomic mass is 10.2. The summed E-state index contributed by atoms with van der Waals surface area (Å²) >= 11 is 1.55. The maximum absolute atomic E-state index is 11.1. The molecule has 0 aliphatic carbocycles. The van der Waals surface area contributed by atoms with Crippen LogP contribution in [-0.4, -0.2) is 19.7 Å². The summed E-state index contributed by atoms with van der Waals surface area (Å²) < 4.78 is 24.8. The summed E-state index contributed by atoms with van der Waals surface area (Å²) in [4.78, 5) is 5.49. The molecule has 0 aliphatic rings. The van der Waals surface area contributed by atoms with Gasteiger partial charge in [0, 0.05) is 4.88 Å². The summed E-state index contributed by atoms with van der Waals surface area (Å²) in [6.07, 6.45) is 1.88. The van der Waals surface area contributed by atoms with E-state index in [1.165, 1.54) is 6.26 Å². The van der Waals surface area contributed by atoms with E-state index >= 15 is 0 Å². The van der Waals surface area contributed by atoms with Gasteiger partial charge in [-0.3, -0.25) is 0 Å². The Bertz CT molecular complexity index is 417. The highest BCUT2D eigenvalue weighted by molar-refractivity contribution is 7.88. The van der Waals surface area contributed by atoms with Gasteiger partial charge < -0.3 is 0 Å². The van der Waals surface area contributed by atoms with Crippen molar-refractivity contribution in [2.45, 2.75) is 33.2 Å². The van der Waals surface area contributed by atoms with E-state index in [1.807, 2.05) is 20.8 Å². The van der Waals surface area contributed by atoms with Gasteiger partial charge in [-0.1, -0.05) is 6.92 Å². The highest BCUT2D eigenvalue weighted by Gasteiger charge is 2.18. The maximum atomic E-state index is 11.1. The molecule has 1 aromatic rings. The van der Waals surface area contributed by atoms with E-state index in [1.54, 1.807) is 11.3 Å². The Morgan fingerprint density at radius 2 is 2.07 bits per heavy atom. The highest BCUT2D eigenvalue weighted by Crippen LogP contribution is 2.25. The Balaban J connectivity index is 2.93. The molecule has 0 fully saturated rings. The fourth-order valence-electron chi connectivity index (χ4n) is 1.21. The van der Waals surface area contributed by atoms with Crippen LogP contribution in [-0.2, 0) is 10.0 Å². The van der Waals surface area contributed by atoms with Crippen LogP contribution in [0.1, 0.15) is 35.0 Å². The topological polar surface area (TPSA) is 59.1 Å². The second-order valence-electron chi connectivity index (χ2n) is 3.54. The third-order valence-electron chi connectivity index (χ3n) is 2.11. The first kappa shape index (κ1) is 12.6. The summed E-state index contributed by atoms with van der Waals surface area (Å²) in [7, 11) is -3.17. The first-order valence-corrected chi connectivity index (χ1v) is 7.45. The van der Waals surface area contributed by atoms with E-state index in [2.05, 4.69) is 9.71 Å². The molecule has 0 spiro atoms. The number of aryl methyl sites for hydroxylation is 2. The lowest BCUT2D eigenvalue weighted by Gasteiger charge is -2.11. The first-order chi connectivity index (χ1) is 6.83. The lowest BCUT2D eigenvalue weighted by Crippen LogP contribution is -2.26. The fourth-order valence-corrected chi connectivity index (χ4v) is 3.14. The molecule has 6 heteroatoms. The van der Waals surface area contributed by atoms with Crippen molar-refractivity contribution in [3.8, 4) is 0 Å². The lowest BCUT2D eigenvalue weighted by molar-refractivity contribution is 0.554. The van der Waals surface area contributed by atoms with Crippen molar-refractivity contribution in [1.29, 1.82) is 0 Å². The van der Waals surface area contributed by atoms with Gasteiger partial charge in [0.1, 0.15) is 5.01 Å². The van der Waals surface area contributed by atoms with Crippen molar-refractivity contribution in [3.05, 3.63) is 15.6 Å². The Labute approximate surface area is 94.8 Å². The third kappa shape index (κ3) is 3.55. The molecule has 0 saturated heterocycles. The third-order valence-corrected chi connectivity index (χ3v) is 4.01. The normalized spacial score (nSPS) is 14.1. The van der Waals surface area contributed by atoms with Gasteiger partial charge in [-0.15, -0.1) is 11.3 Å². The Hall–Kier alpha value is -0.460. The second kappa shape index (κ2) is 4.59. The van der Waals surface area contributed by atoms with Crippen LogP contribution in [0.5, 0.6) is 0 Å². The maximum Gasteiger partial charge on any atom is 0.209 e. The molecule has 4 nitrogen and oxygen atoms in total. The zero-order chi connectivity index (χ0) is 11.6. The number of sulfonamides is 1. The fraction of sp³-hybridized carbons (Fsp3) is 0.667. The minimum Gasteiger partial charge on any atom is -0.245 e. The van der Waals surface area contributed by atoms with Crippen molar-refractivity contribution in [3.63, 3.8) is 0 Å². The molecule has 0 radical (unpaired) electrons. The van der Waals surface area contributed by atoms with Gasteiger partial charge in [0.15, 0.2) is 0 Å². The van der Waals surface area contributed by atoms with Crippen LogP contribution in [0.25, 0.3) is 0 Å². The smallest absolute Gasteiger partial charge is 0.209 e. The van der Waals surface area contributed by atoms with Gasteiger partial charge in [0.05, 0.1) is 18.0 Å². The molecule has 0 bridgehead atoms. The van der Waals surface area contributed by atoms with E-state index in [4.69, 9.17) is 0 Å². The summed E-state index contributed by atoms with van der Waals surface area (Å²) in [5.74, 6) is 0. The SMILES string of the molecule is CCC(NS(C)(=O)=O)c1nc(C)c(C)s1. The van der Waals surface area contributed by atoms with Crippen LogP contribution in [0.3, 0.4) is 0 Å². The molecule has 1 aromatic heterocycles. The van der Waals surface area contributed by atoms with Crippen LogP contribution >= 0.6 is 11.3 Å². The van der Waals surface area contributed by atoms with Crippen molar-refractivity contribution in [1.82, 2.24) is 9.71 Å². The summed E-state index contributed by atoms with van der Waals surface area (Å²) in [6, 6.07) is -0.197. The molecule has 0 amide bonds. The van der Waals surface area contributed by atoms with Crippen molar-refractivity contribution >= 4 is 21.4 Å². The molecule has 1 rings (SSSR count). The zero-order valence-corrected chi connectivity index (χ0v) is 11.0. The van der Waals surface area contributed by atoms with Crippen LogP contribution < -0.4 is 4.72 Å². The van der Waals surface area contributed by atoms with Gasteiger partial charge in [0.25, 0.3) is 0 Å². The minimum absolute atomic E-state index is 0.197. The van der Waals surface area contributed by atoms with Gasteiger partial charge in [-0.25, -0.2) is 18.1 Å². The molecular formula is C9H16N2O2S2. The van der Waals surface area contributed by atoms with E-state index in [0.717, 1.165) is 15.6 Å². The summed E-state index contributed by atoms with van der Waals surface area (Å²) in [6.45, 7) is 5.86. The molecule has 1 heterocycles. The predicted molar refractivity (Wildman–Crippen MR) is 62.6 cm³/mol. The molecule has 0 aromatic carbocycles. The average Bonchev–Trinajstić information content (AvgIpc) is 2.41. The van der Waals surface area contributed by atoms with Gasteiger partial charge >= 0.3 is 0 Å². The van der Waals surface area contributed by atoms with Crippen LogP contribution in [0.15, 0.2) is 0 Å². The molecule has 1 N–H and O–H groups in total. The Morgan fingerprint density at radius 1 is 1.47 bits per heavy atom. The van der Waals surface area contributed by atoms with Crippen LogP contribution in [0.2, 0.25) is 0 Å². The van der Waals surface area contributed by atoms with Crippen LogP contribution in [0, 0.1) is 13.8 Å². The second-order valence-corrected chi connectivity index (χ2v) is 6.56. The standard InChI is InChI=1S/C9H16N2O2S2/c1-5-8(11-15(4,12)13)9-10-6(2)7(3)14-9/h8,11H,5H2,1-4H3. The zero-order valence-electron chi connectivity index (χ0n) is 9.36. The van der Waals surface area contributed by atoms with Crippen molar-refractivity contribution in [2.75, 3.05) is 6.26 Å². The molecule has 15 heavy (non-hydrogen) atoms. The Kier molecular flexibility index (Phi) is 3.86. The number of hydrogen-bond donors (Lipinski definition) is 1. The summed E-state index contributed by atoms with van der Waals surface area (Å²) in [5.41, 5.74) is 0.976.